The molecule has 0 spiro atoms. The first kappa shape index (κ1) is 18.7. The van der Waals surface area contributed by atoms with Gasteiger partial charge in [-0.25, -0.2) is 0 Å². The minimum atomic E-state index is -0.554. The molecule has 2 aromatic rings. The van der Waals surface area contributed by atoms with E-state index in [1.165, 1.54) is 11.3 Å². The van der Waals surface area contributed by atoms with Crippen LogP contribution in [0.4, 0.5) is 5.13 Å². The summed E-state index contributed by atoms with van der Waals surface area (Å²) in [7, 11) is 0. The number of anilines is 1. The SMILES string of the molecule is CCCSc1nnc(NC(=O)[C@H](CC)Oc2cc(C)cc(C)c2)s1. The summed E-state index contributed by atoms with van der Waals surface area (Å²) in [6.07, 6.45) is 1.10. The molecular formula is C17H23N3O2S2. The second-order valence-corrected chi connectivity index (χ2v) is 7.87. The third kappa shape index (κ3) is 5.49. The third-order valence-corrected chi connectivity index (χ3v) is 5.38. The summed E-state index contributed by atoms with van der Waals surface area (Å²) >= 11 is 3.04. The number of carbonyl (C=O) groups excluding carboxylic acids is 1. The average Bonchev–Trinajstić information content (AvgIpc) is 2.97. The fourth-order valence-corrected chi connectivity index (χ4v) is 3.86. The zero-order valence-corrected chi connectivity index (χ0v) is 16.1. The molecule has 0 saturated heterocycles. The summed E-state index contributed by atoms with van der Waals surface area (Å²) < 4.78 is 6.74. The van der Waals surface area contributed by atoms with Crippen molar-refractivity contribution in [2.45, 2.75) is 51.0 Å². The Morgan fingerprint density at radius 1 is 1.25 bits per heavy atom. The van der Waals surface area contributed by atoms with Crippen LogP contribution in [0, 0.1) is 13.8 Å². The summed E-state index contributed by atoms with van der Waals surface area (Å²) in [5.74, 6) is 1.52. The molecule has 0 saturated carbocycles. The van der Waals surface area contributed by atoms with Crippen molar-refractivity contribution in [2.75, 3.05) is 11.1 Å². The number of hydrogen-bond acceptors (Lipinski definition) is 6. The number of aryl methyl sites for hydroxylation is 2. The van der Waals surface area contributed by atoms with E-state index in [1.807, 2.05) is 32.9 Å². The Balaban J connectivity index is 1.99. The molecule has 24 heavy (non-hydrogen) atoms. The molecule has 1 heterocycles. The highest BCUT2D eigenvalue weighted by Crippen LogP contribution is 2.26. The molecule has 1 atom stereocenters. The van der Waals surface area contributed by atoms with Crippen LogP contribution in [0.25, 0.3) is 0 Å². The van der Waals surface area contributed by atoms with Crippen LogP contribution in [0.2, 0.25) is 0 Å². The molecule has 1 aromatic carbocycles. The lowest BCUT2D eigenvalue weighted by atomic mass is 10.1. The molecular weight excluding hydrogens is 342 g/mol. The van der Waals surface area contributed by atoms with Crippen molar-refractivity contribution in [1.29, 1.82) is 0 Å². The van der Waals surface area contributed by atoms with Crippen LogP contribution in [0.1, 0.15) is 37.8 Å². The van der Waals surface area contributed by atoms with Crippen LogP contribution in [-0.4, -0.2) is 28.0 Å². The van der Waals surface area contributed by atoms with E-state index in [2.05, 4.69) is 28.5 Å². The van der Waals surface area contributed by atoms with Crippen molar-refractivity contribution >= 4 is 34.1 Å². The maximum atomic E-state index is 12.4. The number of thioether (sulfide) groups is 1. The fourth-order valence-electron chi connectivity index (χ4n) is 2.18. The van der Waals surface area contributed by atoms with Gasteiger partial charge in [-0.05, 0) is 49.9 Å². The maximum absolute atomic E-state index is 12.4. The Morgan fingerprint density at radius 2 is 1.96 bits per heavy atom. The van der Waals surface area contributed by atoms with E-state index in [9.17, 15) is 4.79 Å². The van der Waals surface area contributed by atoms with Crippen molar-refractivity contribution in [3.8, 4) is 5.75 Å². The van der Waals surface area contributed by atoms with Crippen molar-refractivity contribution in [3.05, 3.63) is 29.3 Å². The van der Waals surface area contributed by atoms with Gasteiger partial charge in [0.05, 0.1) is 0 Å². The van der Waals surface area contributed by atoms with E-state index in [0.29, 0.717) is 17.3 Å². The molecule has 7 heteroatoms. The maximum Gasteiger partial charge on any atom is 0.267 e. The van der Waals surface area contributed by atoms with Gasteiger partial charge < -0.3 is 4.74 Å². The molecule has 0 aliphatic carbocycles. The van der Waals surface area contributed by atoms with Crippen LogP contribution in [0.15, 0.2) is 22.5 Å². The predicted octanol–water partition coefficient (Wildman–Crippen LogP) is 4.45. The van der Waals surface area contributed by atoms with Crippen LogP contribution in [0.3, 0.4) is 0 Å². The molecule has 1 aromatic heterocycles. The van der Waals surface area contributed by atoms with Gasteiger partial charge in [-0.3, -0.25) is 10.1 Å². The van der Waals surface area contributed by atoms with Crippen LogP contribution >= 0.6 is 23.1 Å². The monoisotopic (exact) mass is 365 g/mol. The second-order valence-electron chi connectivity index (χ2n) is 5.55. The van der Waals surface area contributed by atoms with Crippen molar-refractivity contribution in [2.24, 2.45) is 0 Å². The summed E-state index contributed by atoms with van der Waals surface area (Å²) in [4.78, 5) is 12.4. The number of aromatic nitrogens is 2. The first-order chi connectivity index (χ1) is 11.5. The van der Waals surface area contributed by atoms with Crippen LogP contribution in [-0.2, 0) is 4.79 Å². The van der Waals surface area contributed by atoms with E-state index in [0.717, 1.165) is 27.6 Å². The average molecular weight is 366 g/mol. The van der Waals surface area contributed by atoms with Gasteiger partial charge in [0.15, 0.2) is 10.4 Å². The smallest absolute Gasteiger partial charge is 0.267 e. The molecule has 1 amide bonds. The molecule has 0 unspecified atom stereocenters. The van der Waals surface area contributed by atoms with Gasteiger partial charge in [0.2, 0.25) is 5.13 Å². The highest BCUT2D eigenvalue weighted by atomic mass is 32.2. The Bertz CT molecular complexity index is 668. The number of ether oxygens (including phenoxy) is 1. The Labute approximate surface area is 151 Å². The number of benzene rings is 1. The summed E-state index contributed by atoms with van der Waals surface area (Å²) in [6, 6.07) is 5.95. The molecule has 0 radical (unpaired) electrons. The lowest BCUT2D eigenvalue weighted by Gasteiger charge is -2.17. The molecule has 0 bridgehead atoms. The van der Waals surface area contributed by atoms with E-state index in [4.69, 9.17) is 4.74 Å². The highest BCUT2D eigenvalue weighted by Gasteiger charge is 2.20. The highest BCUT2D eigenvalue weighted by molar-refractivity contribution is 8.01. The van der Waals surface area contributed by atoms with Gasteiger partial charge in [-0.2, -0.15) is 0 Å². The van der Waals surface area contributed by atoms with Crippen molar-refractivity contribution in [1.82, 2.24) is 10.2 Å². The minimum Gasteiger partial charge on any atom is -0.481 e. The quantitative estimate of drug-likeness (QED) is 0.553. The lowest BCUT2D eigenvalue weighted by Crippen LogP contribution is -2.32. The predicted molar refractivity (Wildman–Crippen MR) is 100 cm³/mol. The van der Waals surface area contributed by atoms with Gasteiger partial charge in [-0.15, -0.1) is 10.2 Å². The number of hydrogen-bond donors (Lipinski definition) is 1. The Kier molecular flexibility index (Phi) is 7.05. The zero-order chi connectivity index (χ0) is 17.5. The molecule has 130 valence electrons. The van der Waals surface area contributed by atoms with Gasteiger partial charge >= 0.3 is 0 Å². The summed E-state index contributed by atoms with van der Waals surface area (Å²) in [6.45, 7) is 8.07. The normalized spacial score (nSPS) is 12.0. The van der Waals surface area contributed by atoms with E-state index in [1.54, 1.807) is 11.8 Å². The first-order valence-corrected chi connectivity index (χ1v) is 9.84. The second kappa shape index (κ2) is 9.03. The summed E-state index contributed by atoms with van der Waals surface area (Å²) in [5, 5.41) is 11.4. The van der Waals surface area contributed by atoms with Crippen molar-refractivity contribution < 1.29 is 9.53 Å². The number of amides is 1. The van der Waals surface area contributed by atoms with Crippen LogP contribution in [0.5, 0.6) is 5.75 Å². The lowest BCUT2D eigenvalue weighted by molar-refractivity contribution is -0.122. The number of nitrogens with one attached hydrogen (secondary N) is 1. The van der Waals surface area contributed by atoms with E-state index in [-0.39, 0.29) is 5.91 Å². The van der Waals surface area contributed by atoms with Gasteiger partial charge in [0.1, 0.15) is 5.75 Å². The number of nitrogens with zero attached hydrogens (tertiary/aromatic N) is 2. The molecule has 0 aliphatic heterocycles. The molecule has 1 N–H and O–H groups in total. The molecule has 0 fully saturated rings. The molecule has 0 aliphatic rings. The minimum absolute atomic E-state index is 0.195. The molecule has 5 nitrogen and oxygen atoms in total. The Hall–Kier alpha value is -1.60. The van der Waals surface area contributed by atoms with Gasteiger partial charge in [-0.1, -0.05) is 43.0 Å². The van der Waals surface area contributed by atoms with Gasteiger partial charge in [0, 0.05) is 5.75 Å². The standard InChI is InChI=1S/C17H23N3O2S2/c1-5-7-23-17-20-19-16(24-17)18-15(21)14(6-2)22-13-9-11(3)8-12(4)10-13/h8-10,14H,5-7H2,1-4H3,(H,18,19,21)/t14-/m0/s1. The van der Waals surface area contributed by atoms with Crippen molar-refractivity contribution in [3.63, 3.8) is 0 Å². The van der Waals surface area contributed by atoms with Crippen LogP contribution < -0.4 is 10.1 Å². The fraction of sp³-hybridized carbons (Fsp3) is 0.471. The topological polar surface area (TPSA) is 64.1 Å². The third-order valence-electron chi connectivity index (χ3n) is 3.20. The number of rotatable bonds is 8. The zero-order valence-electron chi connectivity index (χ0n) is 14.5. The van der Waals surface area contributed by atoms with E-state index >= 15 is 0 Å². The van der Waals surface area contributed by atoms with Gasteiger partial charge in [0.25, 0.3) is 5.91 Å². The first-order valence-electron chi connectivity index (χ1n) is 8.04. The molecule has 2 rings (SSSR count). The largest absolute Gasteiger partial charge is 0.481 e. The number of carbonyl (C=O) groups is 1. The summed E-state index contributed by atoms with van der Waals surface area (Å²) in [5.41, 5.74) is 2.23. The Morgan fingerprint density at radius 3 is 2.58 bits per heavy atom. The van der Waals surface area contributed by atoms with E-state index < -0.39 is 6.10 Å².